The van der Waals surface area contributed by atoms with Gasteiger partial charge >= 0.3 is 0 Å². The number of rotatable bonds is 2. The molecule has 0 aliphatic carbocycles. The molecule has 0 fully saturated rings. The predicted molar refractivity (Wildman–Crippen MR) is 73.0 cm³/mol. The molecule has 0 unspecified atom stereocenters. The van der Waals surface area contributed by atoms with Crippen LogP contribution in [0, 0.1) is 6.92 Å². The highest BCUT2D eigenvalue weighted by Gasteiger charge is 2.08. The van der Waals surface area contributed by atoms with E-state index in [-0.39, 0.29) is 0 Å². The van der Waals surface area contributed by atoms with E-state index in [1.54, 1.807) is 19.6 Å². The minimum Gasteiger partial charge on any atom is -0.496 e. The van der Waals surface area contributed by atoms with E-state index in [9.17, 15) is 0 Å². The summed E-state index contributed by atoms with van der Waals surface area (Å²) in [5.74, 6) is 1.56. The first-order valence-corrected chi connectivity index (χ1v) is 5.98. The molecule has 2 heterocycles. The van der Waals surface area contributed by atoms with E-state index in [4.69, 9.17) is 4.74 Å². The maximum atomic E-state index is 5.26. The molecular formula is C14H14N4O. The molecule has 0 spiro atoms. The van der Waals surface area contributed by atoms with Crippen molar-refractivity contribution in [1.82, 2.24) is 19.5 Å². The number of hydrogen-bond acceptors (Lipinski definition) is 4. The second kappa shape index (κ2) is 4.35. The zero-order chi connectivity index (χ0) is 13.4. The van der Waals surface area contributed by atoms with Gasteiger partial charge in [-0.1, -0.05) is 0 Å². The van der Waals surface area contributed by atoms with Gasteiger partial charge in [0.15, 0.2) is 11.5 Å². The Morgan fingerprint density at radius 3 is 2.79 bits per heavy atom. The lowest BCUT2D eigenvalue weighted by atomic mass is 10.1. The third-order valence-corrected chi connectivity index (χ3v) is 3.11. The monoisotopic (exact) mass is 254 g/mol. The molecule has 3 aromatic rings. The molecule has 0 N–H and O–H groups in total. The number of nitrogens with zero attached hydrogens (tertiary/aromatic N) is 4. The summed E-state index contributed by atoms with van der Waals surface area (Å²) in [5, 5.41) is 0. The zero-order valence-electron chi connectivity index (χ0n) is 11.1. The molecular weight excluding hydrogens is 240 g/mol. The summed E-state index contributed by atoms with van der Waals surface area (Å²) in [7, 11) is 3.59. The second-order valence-corrected chi connectivity index (χ2v) is 4.44. The summed E-state index contributed by atoms with van der Waals surface area (Å²) in [6, 6.07) is 5.92. The molecule has 19 heavy (non-hydrogen) atoms. The van der Waals surface area contributed by atoms with Gasteiger partial charge in [0.1, 0.15) is 11.3 Å². The summed E-state index contributed by atoms with van der Waals surface area (Å²) in [4.78, 5) is 13.1. The largest absolute Gasteiger partial charge is 0.496 e. The van der Waals surface area contributed by atoms with Crippen LogP contribution < -0.4 is 4.74 Å². The fraction of sp³-hybridized carbons (Fsp3) is 0.214. The number of aromatic nitrogens is 4. The molecule has 1 aromatic carbocycles. The Morgan fingerprint density at radius 2 is 2.05 bits per heavy atom. The van der Waals surface area contributed by atoms with Crippen LogP contribution in [0.1, 0.15) is 5.56 Å². The summed E-state index contributed by atoms with van der Waals surface area (Å²) < 4.78 is 7.14. The molecule has 3 rings (SSSR count). The van der Waals surface area contributed by atoms with Crippen molar-refractivity contribution in [3.05, 3.63) is 36.3 Å². The van der Waals surface area contributed by atoms with Crippen molar-refractivity contribution in [3.8, 4) is 17.1 Å². The van der Waals surface area contributed by atoms with Crippen LogP contribution in [-0.2, 0) is 7.05 Å². The van der Waals surface area contributed by atoms with Gasteiger partial charge in [0.05, 0.1) is 19.6 Å². The molecule has 0 aliphatic rings. The Kier molecular flexibility index (Phi) is 2.67. The third-order valence-electron chi connectivity index (χ3n) is 3.11. The number of hydrogen-bond donors (Lipinski definition) is 0. The lowest BCUT2D eigenvalue weighted by molar-refractivity contribution is 0.412. The van der Waals surface area contributed by atoms with Crippen LogP contribution in [0.25, 0.3) is 22.6 Å². The fourth-order valence-corrected chi connectivity index (χ4v) is 2.08. The van der Waals surface area contributed by atoms with E-state index in [1.807, 2.05) is 36.7 Å². The van der Waals surface area contributed by atoms with Crippen LogP contribution in [0.4, 0.5) is 0 Å². The van der Waals surface area contributed by atoms with Crippen molar-refractivity contribution in [2.75, 3.05) is 7.11 Å². The molecule has 0 saturated carbocycles. The van der Waals surface area contributed by atoms with E-state index in [1.165, 1.54) is 0 Å². The first-order valence-electron chi connectivity index (χ1n) is 5.98. The Labute approximate surface area is 110 Å². The topological polar surface area (TPSA) is 52.8 Å². The van der Waals surface area contributed by atoms with Gasteiger partial charge in [0, 0.05) is 12.6 Å². The van der Waals surface area contributed by atoms with Crippen LogP contribution >= 0.6 is 0 Å². The summed E-state index contributed by atoms with van der Waals surface area (Å²) in [5.41, 5.74) is 3.67. The fourth-order valence-electron chi connectivity index (χ4n) is 2.08. The molecule has 2 aromatic heterocycles. The highest BCUT2D eigenvalue weighted by Crippen LogP contribution is 2.24. The van der Waals surface area contributed by atoms with Gasteiger partial charge in [-0.2, -0.15) is 0 Å². The van der Waals surface area contributed by atoms with Crippen LogP contribution in [0.3, 0.4) is 0 Å². The molecule has 0 radical (unpaired) electrons. The van der Waals surface area contributed by atoms with Crippen molar-refractivity contribution in [1.29, 1.82) is 0 Å². The molecule has 0 saturated heterocycles. The van der Waals surface area contributed by atoms with E-state index in [0.717, 1.165) is 28.0 Å². The highest BCUT2D eigenvalue weighted by molar-refractivity contribution is 5.72. The predicted octanol–water partition coefficient (Wildman–Crippen LogP) is 2.35. The van der Waals surface area contributed by atoms with Gasteiger partial charge in [-0.3, -0.25) is 0 Å². The smallest absolute Gasteiger partial charge is 0.163 e. The number of benzene rings is 1. The first-order chi connectivity index (χ1) is 9.19. The van der Waals surface area contributed by atoms with Crippen LogP contribution in [0.5, 0.6) is 5.75 Å². The van der Waals surface area contributed by atoms with Crippen molar-refractivity contribution in [2.45, 2.75) is 6.92 Å². The minimum absolute atomic E-state index is 0.696. The Bertz CT molecular complexity index is 748. The number of aryl methyl sites for hydroxylation is 2. The average molecular weight is 254 g/mol. The molecule has 5 nitrogen and oxygen atoms in total. The molecule has 0 atom stereocenters. The van der Waals surface area contributed by atoms with Gasteiger partial charge < -0.3 is 9.30 Å². The number of methoxy groups -OCH3 is 1. The average Bonchev–Trinajstić information content (AvgIpc) is 2.80. The van der Waals surface area contributed by atoms with Gasteiger partial charge in [-0.15, -0.1) is 0 Å². The molecule has 96 valence electrons. The van der Waals surface area contributed by atoms with Gasteiger partial charge in [0.2, 0.25) is 0 Å². The van der Waals surface area contributed by atoms with Crippen LogP contribution in [-0.4, -0.2) is 26.6 Å². The van der Waals surface area contributed by atoms with Gasteiger partial charge in [0.25, 0.3) is 0 Å². The lowest BCUT2D eigenvalue weighted by Crippen LogP contribution is -1.94. The minimum atomic E-state index is 0.696. The first kappa shape index (κ1) is 11.6. The van der Waals surface area contributed by atoms with Gasteiger partial charge in [-0.05, 0) is 30.7 Å². The SMILES string of the molecule is COc1ccc(-c2ncc3ncn(C)c3n2)cc1C. The molecule has 0 aliphatic heterocycles. The van der Waals surface area contributed by atoms with Crippen molar-refractivity contribution in [3.63, 3.8) is 0 Å². The standard InChI is InChI=1S/C14H14N4O/c1-9-6-10(4-5-12(9)19-3)13-15-7-11-14(17-13)18(2)8-16-11/h4-8H,1-3H3. The second-order valence-electron chi connectivity index (χ2n) is 4.44. The van der Waals surface area contributed by atoms with E-state index >= 15 is 0 Å². The Morgan fingerprint density at radius 1 is 1.21 bits per heavy atom. The Hall–Kier alpha value is -2.43. The molecule has 0 bridgehead atoms. The van der Waals surface area contributed by atoms with Crippen molar-refractivity contribution >= 4 is 11.2 Å². The van der Waals surface area contributed by atoms with E-state index in [2.05, 4.69) is 15.0 Å². The summed E-state index contributed by atoms with van der Waals surface area (Å²) in [6.07, 6.45) is 3.49. The number of imidazole rings is 1. The zero-order valence-corrected chi connectivity index (χ0v) is 11.1. The normalized spacial score (nSPS) is 10.9. The van der Waals surface area contributed by atoms with Crippen molar-refractivity contribution < 1.29 is 4.74 Å². The van der Waals surface area contributed by atoms with Crippen LogP contribution in [0.2, 0.25) is 0 Å². The summed E-state index contributed by atoms with van der Waals surface area (Å²) >= 11 is 0. The van der Waals surface area contributed by atoms with Crippen LogP contribution in [0.15, 0.2) is 30.7 Å². The Balaban J connectivity index is 2.13. The third kappa shape index (κ3) is 1.93. The number of fused-ring (bicyclic) bond motifs is 1. The molecule has 5 heteroatoms. The molecule has 0 amide bonds. The summed E-state index contributed by atoms with van der Waals surface area (Å²) in [6.45, 7) is 2.00. The number of ether oxygens (including phenoxy) is 1. The maximum Gasteiger partial charge on any atom is 0.163 e. The lowest BCUT2D eigenvalue weighted by Gasteiger charge is -2.06. The highest BCUT2D eigenvalue weighted by atomic mass is 16.5. The van der Waals surface area contributed by atoms with E-state index < -0.39 is 0 Å². The van der Waals surface area contributed by atoms with Gasteiger partial charge in [-0.25, -0.2) is 15.0 Å². The van der Waals surface area contributed by atoms with Crippen molar-refractivity contribution in [2.24, 2.45) is 7.05 Å². The maximum absolute atomic E-state index is 5.26. The quantitative estimate of drug-likeness (QED) is 0.704. The van der Waals surface area contributed by atoms with E-state index in [0.29, 0.717) is 5.82 Å².